The van der Waals surface area contributed by atoms with Crippen LogP contribution >= 0.6 is 0 Å². The number of hydrogen-bond acceptors (Lipinski definition) is 7. The highest BCUT2D eigenvalue weighted by atomic mass is 19.4. The van der Waals surface area contributed by atoms with E-state index in [1.54, 1.807) is 30.3 Å². The Morgan fingerprint density at radius 2 is 1.89 bits per heavy atom. The van der Waals surface area contributed by atoms with Crippen LogP contribution in [0.25, 0.3) is 0 Å². The van der Waals surface area contributed by atoms with Gasteiger partial charge in [-0.2, -0.15) is 13.2 Å². The molecule has 0 fully saturated rings. The van der Waals surface area contributed by atoms with Crippen molar-refractivity contribution >= 4 is 23.3 Å². The molecule has 2 atom stereocenters. The number of rotatable bonds is 6. The minimum absolute atomic E-state index is 0.0188. The van der Waals surface area contributed by atoms with E-state index in [9.17, 15) is 26.7 Å². The van der Waals surface area contributed by atoms with Crippen LogP contribution in [0.3, 0.4) is 0 Å². The molecule has 0 unspecified atom stereocenters. The molecule has 0 aliphatic carbocycles. The number of aromatic nitrogens is 2. The lowest BCUT2D eigenvalue weighted by atomic mass is 9.84. The van der Waals surface area contributed by atoms with E-state index in [0.717, 1.165) is 18.3 Å². The second kappa shape index (κ2) is 10.4. The number of alkyl halides is 4. The first-order valence-corrected chi connectivity index (χ1v) is 10.8. The summed E-state index contributed by atoms with van der Waals surface area (Å²) in [5, 5.41) is 5.03. The van der Waals surface area contributed by atoms with Crippen LogP contribution in [0.1, 0.15) is 22.5 Å². The molecule has 13 heteroatoms. The van der Waals surface area contributed by atoms with E-state index in [1.807, 2.05) is 0 Å². The van der Waals surface area contributed by atoms with Gasteiger partial charge in [-0.3, -0.25) is 4.79 Å². The molecule has 1 aliphatic rings. The Morgan fingerprint density at radius 3 is 2.51 bits per heavy atom. The summed E-state index contributed by atoms with van der Waals surface area (Å²) in [5.74, 6) is -1.58. The number of carbonyl (C=O) groups is 1. The Labute approximate surface area is 207 Å². The number of nitrogens with zero attached hydrogens (tertiary/aromatic N) is 3. The van der Waals surface area contributed by atoms with Crippen molar-refractivity contribution in [1.29, 1.82) is 0 Å². The molecule has 0 spiro atoms. The van der Waals surface area contributed by atoms with Gasteiger partial charge in [0.25, 0.3) is 11.9 Å². The molecule has 4 rings (SSSR count). The number of halogens is 5. The number of aliphatic imine (C=N–C) groups is 1. The van der Waals surface area contributed by atoms with Crippen molar-refractivity contribution in [3.63, 3.8) is 0 Å². The number of para-hydroxylation sites is 1. The van der Waals surface area contributed by atoms with Crippen molar-refractivity contribution in [2.24, 2.45) is 4.99 Å². The van der Waals surface area contributed by atoms with E-state index in [2.05, 4.69) is 25.6 Å². The Bertz CT molecular complexity index is 1290. The minimum atomic E-state index is -4.89. The Balaban J connectivity index is 1.70. The van der Waals surface area contributed by atoms with Crippen LogP contribution < -0.4 is 15.4 Å². The molecule has 37 heavy (non-hydrogen) atoms. The van der Waals surface area contributed by atoms with Gasteiger partial charge in [0.1, 0.15) is 23.7 Å². The average Bonchev–Trinajstić information content (AvgIpc) is 2.89. The third-order valence-electron chi connectivity index (χ3n) is 5.50. The van der Waals surface area contributed by atoms with E-state index in [0.29, 0.717) is 5.69 Å². The zero-order valence-electron chi connectivity index (χ0n) is 19.2. The normalized spacial score (nSPS) is 19.4. The van der Waals surface area contributed by atoms with E-state index < -0.39 is 54.2 Å². The van der Waals surface area contributed by atoms with E-state index in [-0.39, 0.29) is 17.3 Å². The van der Waals surface area contributed by atoms with Gasteiger partial charge in [-0.1, -0.05) is 18.2 Å². The van der Waals surface area contributed by atoms with E-state index in [1.165, 1.54) is 19.4 Å². The van der Waals surface area contributed by atoms with Crippen molar-refractivity contribution in [3.8, 4) is 5.88 Å². The Kier molecular flexibility index (Phi) is 7.23. The molecule has 2 N–H and O–H groups in total. The zero-order valence-corrected chi connectivity index (χ0v) is 19.2. The molecule has 1 amide bonds. The fourth-order valence-electron chi connectivity index (χ4n) is 3.65. The van der Waals surface area contributed by atoms with Gasteiger partial charge in [0.2, 0.25) is 5.88 Å². The first kappa shape index (κ1) is 25.8. The maximum Gasteiger partial charge on any atom is 0.425 e. The summed E-state index contributed by atoms with van der Waals surface area (Å²) >= 11 is 0. The van der Waals surface area contributed by atoms with Gasteiger partial charge in [0.05, 0.1) is 19.5 Å². The first-order valence-electron chi connectivity index (χ1n) is 10.8. The van der Waals surface area contributed by atoms with Crippen molar-refractivity contribution < 1.29 is 36.2 Å². The van der Waals surface area contributed by atoms with Gasteiger partial charge >= 0.3 is 6.18 Å². The maximum absolute atomic E-state index is 15.0. The van der Waals surface area contributed by atoms with Gasteiger partial charge < -0.3 is 20.1 Å². The second-order valence-corrected chi connectivity index (χ2v) is 8.02. The van der Waals surface area contributed by atoms with Crippen molar-refractivity contribution in [2.45, 2.75) is 24.2 Å². The highest BCUT2D eigenvalue weighted by molar-refractivity contribution is 6.02. The molecular weight excluding hydrogens is 501 g/mol. The second-order valence-electron chi connectivity index (χ2n) is 8.02. The standard InChI is InChI=1S/C24H20F5N5O3/c1-36-20-12-30-18(11-31-20)21(35)32-15-7-8-17(26)16(9-15)23(13-25)10-19(24(27,28)29)37-22(34-23)33-14-5-3-2-4-6-14/h2-9,11-12,19H,10,13H2,1H3,(H,32,35)(H,33,34)/t19-,23+/m0/s1. The summed E-state index contributed by atoms with van der Waals surface area (Å²) in [6.07, 6.45) is -6.04. The van der Waals surface area contributed by atoms with Gasteiger partial charge in [-0.15, -0.1) is 0 Å². The molecule has 1 aliphatic heterocycles. The summed E-state index contributed by atoms with van der Waals surface area (Å²) in [6.45, 7) is -1.47. The first-order chi connectivity index (χ1) is 17.6. The number of amides is 1. The topological polar surface area (TPSA) is 97.7 Å². The smallest absolute Gasteiger partial charge is 0.425 e. The van der Waals surface area contributed by atoms with E-state index >= 15 is 0 Å². The number of carbonyl (C=O) groups excluding carboxylic acids is 1. The predicted molar refractivity (Wildman–Crippen MR) is 124 cm³/mol. The monoisotopic (exact) mass is 521 g/mol. The van der Waals surface area contributed by atoms with Crippen molar-refractivity contribution in [2.75, 3.05) is 24.4 Å². The third kappa shape index (κ3) is 5.76. The summed E-state index contributed by atoms with van der Waals surface area (Å²) in [5.41, 5.74) is -2.57. The molecule has 8 nitrogen and oxygen atoms in total. The number of anilines is 2. The average molecular weight is 521 g/mol. The van der Waals surface area contributed by atoms with Gasteiger partial charge in [-0.05, 0) is 30.3 Å². The van der Waals surface area contributed by atoms with E-state index in [4.69, 9.17) is 9.47 Å². The highest BCUT2D eigenvalue weighted by Crippen LogP contribution is 2.42. The van der Waals surface area contributed by atoms with Crippen LogP contribution in [-0.2, 0) is 10.3 Å². The van der Waals surface area contributed by atoms with Crippen LogP contribution in [0.4, 0.5) is 33.3 Å². The number of methoxy groups -OCH3 is 1. The maximum atomic E-state index is 15.0. The summed E-state index contributed by atoms with van der Waals surface area (Å²) in [6, 6.07) is 10.5. The number of hydrogen-bond donors (Lipinski definition) is 2. The largest absolute Gasteiger partial charge is 0.480 e. The fourth-order valence-corrected chi connectivity index (χ4v) is 3.65. The lowest BCUT2D eigenvalue weighted by Crippen LogP contribution is -2.48. The number of amidine groups is 1. The summed E-state index contributed by atoms with van der Waals surface area (Å²) < 4.78 is 80.6. The van der Waals surface area contributed by atoms with Crippen LogP contribution in [0.5, 0.6) is 5.88 Å². The predicted octanol–water partition coefficient (Wildman–Crippen LogP) is 4.86. The summed E-state index contributed by atoms with van der Waals surface area (Å²) in [4.78, 5) is 24.3. The highest BCUT2D eigenvalue weighted by Gasteiger charge is 2.52. The number of ether oxygens (including phenoxy) is 2. The fraction of sp³-hybridized carbons (Fsp3) is 0.250. The van der Waals surface area contributed by atoms with Crippen LogP contribution in [0.15, 0.2) is 65.9 Å². The molecule has 194 valence electrons. The lowest BCUT2D eigenvalue weighted by molar-refractivity contribution is -0.208. The van der Waals surface area contributed by atoms with Crippen molar-refractivity contribution in [3.05, 3.63) is 78.0 Å². The molecular formula is C24H20F5N5O3. The SMILES string of the molecule is COc1cnc(C(=O)Nc2ccc(F)c([C@]3(CF)C[C@@H](C(F)(F)F)OC(Nc4ccccc4)=N3)c2)cn1. The Morgan fingerprint density at radius 1 is 1.14 bits per heavy atom. The third-order valence-corrected chi connectivity index (χ3v) is 5.50. The quantitative estimate of drug-likeness (QED) is 0.450. The van der Waals surface area contributed by atoms with Crippen LogP contribution in [-0.4, -0.2) is 48.0 Å². The lowest BCUT2D eigenvalue weighted by Gasteiger charge is -2.37. The van der Waals surface area contributed by atoms with Crippen LogP contribution in [0.2, 0.25) is 0 Å². The molecule has 0 saturated carbocycles. The molecule has 0 saturated heterocycles. The zero-order chi connectivity index (χ0) is 26.6. The molecule has 2 aromatic carbocycles. The molecule has 0 radical (unpaired) electrons. The summed E-state index contributed by atoms with van der Waals surface area (Å²) in [7, 11) is 1.37. The Hall–Kier alpha value is -4.29. The molecule has 3 aromatic rings. The number of benzene rings is 2. The van der Waals surface area contributed by atoms with Gasteiger partial charge in [0.15, 0.2) is 6.10 Å². The molecule has 0 bridgehead atoms. The minimum Gasteiger partial charge on any atom is -0.480 e. The van der Waals surface area contributed by atoms with Gasteiger partial charge in [0, 0.05) is 23.4 Å². The molecule has 2 heterocycles. The molecule has 1 aromatic heterocycles. The van der Waals surface area contributed by atoms with Gasteiger partial charge in [-0.25, -0.2) is 23.7 Å². The van der Waals surface area contributed by atoms with Crippen LogP contribution in [0, 0.1) is 5.82 Å². The van der Waals surface area contributed by atoms with Crippen molar-refractivity contribution in [1.82, 2.24) is 9.97 Å². The number of nitrogens with one attached hydrogen (secondary N) is 2.